The summed E-state index contributed by atoms with van der Waals surface area (Å²) in [4.78, 5) is 27.1. The molecule has 8 heteroatoms. The van der Waals surface area contributed by atoms with Gasteiger partial charge >= 0.3 is 0 Å². The Kier molecular flexibility index (Phi) is 6.05. The predicted molar refractivity (Wildman–Crippen MR) is 98.7 cm³/mol. The van der Waals surface area contributed by atoms with E-state index >= 15 is 0 Å². The summed E-state index contributed by atoms with van der Waals surface area (Å²) in [6.07, 6.45) is 0. The predicted octanol–water partition coefficient (Wildman–Crippen LogP) is 1.89. The van der Waals surface area contributed by atoms with Crippen molar-refractivity contribution in [3.8, 4) is 0 Å². The summed E-state index contributed by atoms with van der Waals surface area (Å²) >= 11 is 0. The van der Waals surface area contributed by atoms with Crippen LogP contribution < -0.4 is 4.90 Å². The molecule has 0 spiro atoms. The standard InChI is InChI=1S/C18H25FN2O4S/c1-12(2)26(24,25)14(4)18(23)21-9-7-20(8-10-21)17-6-5-15(13(3)22)11-16(17)19/h5-6,11-12,14H,7-10H2,1-4H3. The van der Waals surface area contributed by atoms with E-state index in [4.69, 9.17) is 0 Å². The number of nitrogens with zero attached hydrogens (tertiary/aromatic N) is 2. The Morgan fingerprint density at radius 3 is 2.12 bits per heavy atom. The van der Waals surface area contributed by atoms with Crippen LogP contribution in [-0.4, -0.2) is 61.7 Å². The van der Waals surface area contributed by atoms with Gasteiger partial charge in [-0.1, -0.05) is 0 Å². The first-order valence-electron chi connectivity index (χ1n) is 8.62. The Bertz CT molecular complexity index is 799. The summed E-state index contributed by atoms with van der Waals surface area (Å²) in [5.41, 5.74) is 0.692. The highest BCUT2D eigenvalue weighted by atomic mass is 32.2. The van der Waals surface area contributed by atoms with Gasteiger partial charge in [0.1, 0.15) is 11.1 Å². The largest absolute Gasteiger partial charge is 0.366 e. The van der Waals surface area contributed by atoms with E-state index in [2.05, 4.69) is 0 Å². The Hall–Kier alpha value is -1.96. The van der Waals surface area contributed by atoms with Crippen LogP contribution in [0.4, 0.5) is 10.1 Å². The minimum atomic E-state index is -3.51. The van der Waals surface area contributed by atoms with Crippen molar-refractivity contribution in [2.45, 2.75) is 38.2 Å². The smallest absolute Gasteiger partial charge is 0.240 e. The summed E-state index contributed by atoms with van der Waals surface area (Å²) in [6, 6.07) is 4.36. The number of carbonyl (C=O) groups is 2. The van der Waals surface area contributed by atoms with Gasteiger partial charge in [0.15, 0.2) is 15.6 Å². The van der Waals surface area contributed by atoms with Gasteiger partial charge in [-0.2, -0.15) is 0 Å². The molecule has 0 aromatic heterocycles. The van der Waals surface area contributed by atoms with Crippen molar-refractivity contribution in [2.24, 2.45) is 0 Å². The third-order valence-corrected chi connectivity index (χ3v) is 7.29. The maximum Gasteiger partial charge on any atom is 0.240 e. The maximum absolute atomic E-state index is 14.3. The number of sulfone groups is 1. The van der Waals surface area contributed by atoms with E-state index in [1.54, 1.807) is 30.9 Å². The Morgan fingerprint density at radius 1 is 1.08 bits per heavy atom. The van der Waals surface area contributed by atoms with Crippen molar-refractivity contribution in [3.63, 3.8) is 0 Å². The summed E-state index contributed by atoms with van der Waals surface area (Å²) in [6.45, 7) is 7.37. The van der Waals surface area contributed by atoms with E-state index in [1.807, 2.05) is 0 Å². The topological polar surface area (TPSA) is 74.8 Å². The number of halogens is 1. The number of benzene rings is 1. The maximum atomic E-state index is 14.3. The van der Waals surface area contributed by atoms with Gasteiger partial charge in [0, 0.05) is 31.7 Å². The number of hydrogen-bond acceptors (Lipinski definition) is 5. The molecule has 0 saturated carbocycles. The van der Waals surface area contributed by atoms with Crippen molar-refractivity contribution < 1.29 is 22.4 Å². The van der Waals surface area contributed by atoms with Gasteiger partial charge in [-0.25, -0.2) is 12.8 Å². The molecule has 1 aromatic carbocycles. The number of hydrogen-bond donors (Lipinski definition) is 0. The average Bonchev–Trinajstić information content (AvgIpc) is 2.60. The van der Waals surface area contributed by atoms with Gasteiger partial charge in [-0.05, 0) is 45.9 Å². The number of ketones is 1. The van der Waals surface area contributed by atoms with Crippen LogP contribution >= 0.6 is 0 Å². The average molecular weight is 384 g/mol. The second-order valence-electron chi connectivity index (χ2n) is 6.81. The van der Waals surface area contributed by atoms with Crippen molar-refractivity contribution in [2.75, 3.05) is 31.1 Å². The fraction of sp³-hybridized carbons (Fsp3) is 0.556. The molecule has 144 valence electrons. The molecule has 1 fully saturated rings. The fourth-order valence-corrected chi connectivity index (χ4v) is 4.20. The molecular formula is C18H25FN2O4S. The lowest BCUT2D eigenvalue weighted by molar-refractivity contribution is -0.130. The number of anilines is 1. The minimum absolute atomic E-state index is 0.203. The molecule has 26 heavy (non-hydrogen) atoms. The van der Waals surface area contributed by atoms with E-state index in [1.165, 1.54) is 24.8 Å². The quantitative estimate of drug-likeness (QED) is 0.725. The fourth-order valence-electron chi connectivity index (χ4n) is 2.96. The summed E-state index contributed by atoms with van der Waals surface area (Å²) < 4.78 is 38.7. The zero-order valence-electron chi connectivity index (χ0n) is 15.5. The van der Waals surface area contributed by atoms with Gasteiger partial charge < -0.3 is 9.80 Å². The lowest BCUT2D eigenvalue weighted by atomic mass is 10.1. The molecule has 1 unspecified atom stereocenters. The molecule has 0 radical (unpaired) electrons. The third kappa shape index (κ3) is 4.06. The zero-order valence-corrected chi connectivity index (χ0v) is 16.3. The minimum Gasteiger partial charge on any atom is -0.366 e. The van der Waals surface area contributed by atoms with Crippen LogP contribution in [-0.2, 0) is 14.6 Å². The number of carbonyl (C=O) groups excluding carboxylic acids is 2. The molecule has 6 nitrogen and oxygen atoms in total. The van der Waals surface area contributed by atoms with Crippen LogP contribution in [0.15, 0.2) is 18.2 Å². The lowest BCUT2D eigenvalue weighted by Gasteiger charge is -2.37. The lowest BCUT2D eigenvalue weighted by Crippen LogP contribution is -2.53. The van der Waals surface area contributed by atoms with Crippen LogP contribution in [0.1, 0.15) is 38.1 Å². The SMILES string of the molecule is CC(=O)c1ccc(N2CCN(C(=O)C(C)S(=O)(=O)C(C)C)CC2)c(F)c1. The van der Waals surface area contributed by atoms with E-state index in [-0.39, 0.29) is 5.78 Å². The van der Waals surface area contributed by atoms with Crippen LogP contribution in [0.25, 0.3) is 0 Å². The Labute approximate surface area is 153 Å². The number of rotatable bonds is 5. The van der Waals surface area contributed by atoms with Gasteiger partial charge in [0.2, 0.25) is 5.91 Å². The highest BCUT2D eigenvalue weighted by molar-refractivity contribution is 7.93. The molecule has 0 aliphatic carbocycles. The van der Waals surface area contributed by atoms with E-state index in [0.29, 0.717) is 37.4 Å². The summed E-state index contributed by atoms with van der Waals surface area (Å²) in [5.74, 6) is -1.09. The second kappa shape index (κ2) is 7.73. The molecule has 1 aromatic rings. The van der Waals surface area contributed by atoms with Crippen LogP contribution in [0.2, 0.25) is 0 Å². The van der Waals surface area contributed by atoms with Crippen molar-refractivity contribution in [3.05, 3.63) is 29.6 Å². The summed E-state index contributed by atoms with van der Waals surface area (Å²) in [7, 11) is -3.51. The molecule has 1 amide bonds. The van der Waals surface area contributed by atoms with E-state index < -0.39 is 32.1 Å². The van der Waals surface area contributed by atoms with Gasteiger partial charge in [0.05, 0.1) is 10.9 Å². The normalized spacial score (nSPS) is 16.7. The van der Waals surface area contributed by atoms with Crippen LogP contribution in [0.5, 0.6) is 0 Å². The molecule has 2 rings (SSSR count). The third-order valence-electron chi connectivity index (χ3n) is 4.78. The molecule has 0 N–H and O–H groups in total. The first-order valence-corrected chi connectivity index (χ1v) is 10.2. The highest BCUT2D eigenvalue weighted by Crippen LogP contribution is 2.23. The van der Waals surface area contributed by atoms with Crippen molar-refractivity contribution in [1.29, 1.82) is 0 Å². The molecule has 1 heterocycles. The van der Waals surface area contributed by atoms with Gasteiger partial charge in [-0.3, -0.25) is 9.59 Å². The molecule has 1 atom stereocenters. The molecule has 1 aliphatic heterocycles. The first kappa shape index (κ1) is 20.4. The molecule has 1 aliphatic rings. The Morgan fingerprint density at radius 2 is 1.65 bits per heavy atom. The van der Waals surface area contributed by atoms with Crippen LogP contribution in [0.3, 0.4) is 0 Å². The van der Waals surface area contributed by atoms with Crippen molar-refractivity contribution in [1.82, 2.24) is 4.90 Å². The van der Waals surface area contributed by atoms with Gasteiger partial charge in [-0.15, -0.1) is 0 Å². The number of piperazine rings is 1. The Balaban J connectivity index is 2.05. The zero-order chi connectivity index (χ0) is 19.6. The van der Waals surface area contributed by atoms with Crippen LogP contribution in [0, 0.1) is 5.82 Å². The van der Waals surface area contributed by atoms with Gasteiger partial charge in [0.25, 0.3) is 0 Å². The first-order chi connectivity index (χ1) is 12.1. The monoisotopic (exact) mass is 384 g/mol. The number of Topliss-reactive ketones (excluding diaryl/α,β-unsaturated/α-hetero) is 1. The van der Waals surface area contributed by atoms with E-state index in [9.17, 15) is 22.4 Å². The molecule has 0 bridgehead atoms. The van der Waals surface area contributed by atoms with E-state index in [0.717, 1.165) is 0 Å². The number of amides is 1. The summed E-state index contributed by atoms with van der Waals surface area (Å²) in [5, 5.41) is -1.70. The second-order valence-corrected chi connectivity index (χ2v) is 9.64. The molecule has 1 saturated heterocycles. The highest BCUT2D eigenvalue weighted by Gasteiger charge is 2.35. The molecular weight excluding hydrogens is 359 g/mol. The van der Waals surface area contributed by atoms with Crippen molar-refractivity contribution >= 4 is 27.2 Å².